The number of hydrogen-bond acceptors (Lipinski definition) is 3. The molecule has 1 atom stereocenters. The fourth-order valence-electron chi connectivity index (χ4n) is 2.66. The number of nitrogens with one attached hydrogen (secondary N) is 2. The van der Waals surface area contributed by atoms with Gasteiger partial charge in [0, 0.05) is 29.7 Å². The number of para-hydroxylation sites is 1. The lowest BCUT2D eigenvalue weighted by molar-refractivity contribution is -0.136. The topological polar surface area (TPSA) is 91.2 Å². The quantitative estimate of drug-likeness (QED) is 0.753. The Morgan fingerprint density at radius 3 is 2.56 bits per heavy atom. The summed E-state index contributed by atoms with van der Waals surface area (Å²) < 4.78 is 0. The Bertz CT molecular complexity index is 736. The molecule has 0 aliphatic heterocycles. The molecule has 1 aromatic carbocycles. The van der Waals surface area contributed by atoms with Crippen molar-refractivity contribution in [3.8, 4) is 0 Å². The van der Waals surface area contributed by atoms with Crippen LogP contribution in [0.4, 0.5) is 0 Å². The maximum Gasteiger partial charge on any atom is 0.240 e. The van der Waals surface area contributed by atoms with Gasteiger partial charge in [-0.25, -0.2) is 0 Å². The third kappa shape index (κ3) is 5.76. The molecule has 0 fully saturated rings. The van der Waals surface area contributed by atoms with Gasteiger partial charge in [0.15, 0.2) is 0 Å². The largest absolute Gasteiger partial charge is 0.361 e. The van der Waals surface area contributed by atoms with E-state index in [1.807, 2.05) is 51.2 Å². The van der Waals surface area contributed by atoms with Gasteiger partial charge in [-0.1, -0.05) is 18.2 Å². The molecule has 2 rings (SSSR count). The third-order valence-corrected chi connectivity index (χ3v) is 3.70. The van der Waals surface area contributed by atoms with Crippen LogP contribution in [0.25, 0.3) is 10.9 Å². The minimum atomic E-state index is -0.684. The van der Waals surface area contributed by atoms with Crippen LogP contribution in [0, 0.1) is 0 Å². The van der Waals surface area contributed by atoms with Crippen LogP contribution in [0.3, 0.4) is 0 Å². The van der Waals surface area contributed by atoms with Crippen LogP contribution in [0.2, 0.25) is 0 Å². The van der Waals surface area contributed by atoms with E-state index in [0.29, 0.717) is 6.42 Å². The van der Waals surface area contributed by atoms with Crippen molar-refractivity contribution >= 4 is 35.1 Å². The lowest BCUT2D eigenvalue weighted by atomic mass is 10.0. The highest BCUT2D eigenvalue weighted by Gasteiger charge is 2.22. The molecule has 2 amide bonds. The molecule has 0 saturated carbocycles. The molecule has 1 aromatic heterocycles. The summed E-state index contributed by atoms with van der Waals surface area (Å²) in [5.41, 5.74) is 7.76. The number of likely N-dealkylation sites (N-methyl/N-ethyl adjacent to an activating group) is 1. The van der Waals surface area contributed by atoms with Crippen molar-refractivity contribution in [2.75, 3.05) is 13.6 Å². The number of fused-ring (bicyclic) bond motifs is 1. The number of carbonyl (C=O) groups is 2. The van der Waals surface area contributed by atoms with Crippen LogP contribution in [0.1, 0.15) is 26.3 Å². The molecule has 4 N–H and O–H groups in total. The number of carbonyl (C=O) groups excluding carboxylic acids is 2. The molecule has 0 spiro atoms. The van der Waals surface area contributed by atoms with E-state index in [2.05, 4.69) is 10.3 Å². The van der Waals surface area contributed by atoms with Crippen molar-refractivity contribution in [2.45, 2.75) is 38.8 Å². The maximum atomic E-state index is 12.4. The van der Waals surface area contributed by atoms with Crippen LogP contribution in [0.15, 0.2) is 30.5 Å². The molecule has 0 aliphatic rings. The minimum Gasteiger partial charge on any atom is -0.361 e. The first kappa shape index (κ1) is 21.0. The van der Waals surface area contributed by atoms with Crippen molar-refractivity contribution < 1.29 is 9.59 Å². The van der Waals surface area contributed by atoms with Gasteiger partial charge in [0.2, 0.25) is 11.8 Å². The number of hydrogen-bond donors (Lipinski definition) is 3. The Morgan fingerprint density at radius 2 is 1.92 bits per heavy atom. The lowest BCUT2D eigenvalue weighted by Gasteiger charge is -2.25. The smallest absolute Gasteiger partial charge is 0.240 e. The van der Waals surface area contributed by atoms with Gasteiger partial charge in [-0.15, -0.1) is 12.4 Å². The summed E-state index contributed by atoms with van der Waals surface area (Å²) in [5.74, 6) is -0.443. The molecule has 6 nitrogen and oxygen atoms in total. The zero-order valence-electron chi connectivity index (χ0n) is 15.1. The number of nitrogens with zero attached hydrogens (tertiary/aromatic N) is 1. The highest BCUT2D eigenvalue weighted by molar-refractivity contribution is 5.89. The fourth-order valence-corrected chi connectivity index (χ4v) is 2.66. The standard InChI is InChI=1S/C18H26N4O2.ClH/c1-18(2,3)21-16(23)11-22(4)17(24)14(19)9-12-10-20-15-8-6-5-7-13(12)15;/h5-8,10,14,20H,9,11,19H2,1-4H3,(H,21,23);1H/t14-;/m0./s1. The Hall–Kier alpha value is -2.05. The predicted molar refractivity (Wildman–Crippen MR) is 103 cm³/mol. The van der Waals surface area contributed by atoms with E-state index in [9.17, 15) is 9.59 Å². The van der Waals surface area contributed by atoms with Crippen LogP contribution in [0.5, 0.6) is 0 Å². The number of aromatic amines is 1. The average molecular weight is 367 g/mol. The molecular weight excluding hydrogens is 340 g/mol. The molecule has 0 unspecified atom stereocenters. The lowest BCUT2D eigenvalue weighted by Crippen LogP contribution is -2.49. The van der Waals surface area contributed by atoms with Gasteiger partial charge in [0.25, 0.3) is 0 Å². The SMILES string of the molecule is CN(CC(=O)NC(C)(C)C)C(=O)[C@@H](N)Cc1c[nH]c2ccccc12.Cl. The van der Waals surface area contributed by atoms with Crippen molar-refractivity contribution in [1.29, 1.82) is 0 Å². The van der Waals surface area contributed by atoms with E-state index in [1.165, 1.54) is 4.90 Å². The van der Waals surface area contributed by atoms with Crippen molar-refractivity contribution in [3.63, 3.8) is 0 Å². The number of aromatic nitrogens is 1. The molecule has 1 heterocycles. The number of halogens is 1. The summed E-state index contributed by atoms with van der Waals surface area (Å²) in [7, 11) is 1.60. The van der Waals surface area contributed by atoms with Gasteiger partial charge in [0.1, 0.15) is 0 Å². The minimum absolute atomic E-state index is 0. The zero-order chi connectivity index (χ0) is 17.9. The van der Waals surface area contributed by atoms with Gasteiger partial charge in [-0.3, -0.25) is 9.59 Å². The normalized spacial score (nSPS) is 12.4. The van der Waals surface area contributed by atoms with Crippen molar-refractivity contribution in [2.24, 2.45) is 5.73 Å². The number of amides is 2. The zero-order valence-corrected chi connectivity index (χ0v) is 15.9. The van der Waals surface area contributed by atoms with Crippen molar-refractivity contribution in [1.82, 2.24) is 15.2 Å². The van der Waals surface area contributed by atoms with Gasteiger partial charge in [0.05, 0.1) is 12.6 Å². The highest BCUT2D eigenvalue weighted by Crippen LogP contribution is 2.19. The molecular formula is C18H27ClN4O2. The molecule has 0 bridgehead atoms. The van der Waals surface area contributed by atoms with Crippen LogP contribution >= 0.6 is 12.4 Å². The monoisotopic (exact) mass is 366 g/mol. The van der Waals surface area contributed by atoms with E-state index in [1.54, 1.807) is 7.05 Å². The van der Waals surface area contributed by atoms with E-state index >= 15 is 0 Å². The number of rotatable bonds is 5. The molecule has 138 valence electrons. The van der Waals surface area contributed by atoms with Crippen LogP contribution in [-0.4, -0.2) is 46.9 Å². The van der Waals surface area contributed by atoms with Crippen LogP contribution in [-0.2, 0) is 16.0 Å². The van der Waals surface area contributed by atoms with Gasteiger partial charge in [-0.05, 0) is 38.8 Å². The van der Waals surface area contributed by atoms with Crippen molar-refractivity contribution in [3.05, 3.63) is 36.0 Å². The first-order valence-corrected chi connectivity index (χ1v) is 8.04. The molecule has 0 aliphatic carbocycles. The Labute approximate surface area is 154 Å². The third-order valence-electron chi connectivity index (χ3n) is 3.70. The number of H-pyrrole nitrogens is 1. The second-order valence-electron chi connectivity index (χ2n) is 7.16. The van der Waals surface area contributed by atoms with E-state index in [0.717, 1.165) is 16.5 Å². The summed E-state index contributed by atoms with van der Waals surface area (Å²) >= 11 is 0. The average Bonchev–Trinajstić information content (AvgIpc) is 2.87. The molecule has 2 aromatic rings. The molecule has 25 heavy (non-hydrogen) atoms. The van der Waals surface area contributed by atoms with Crippen LogP contribution < -0.4 is 11.1 Å². The summed E-state index contributed by atoms with van der Waals surface area (Å²) in [6.45, 7) is 5.69. The van der Waals surface area contributed by atoms with E-state index in [-0.39, 0.29) is 36.3 Å². The summed E-state index contributed by atoms with van der Waals surface area (Å²) in [6, 6.07) is 7.20. The Kier molecular flexibility index (Phi) is 7.02. The van der Waals surface area contributed by atoms with E-state index < -0.39 is 6.04 Å². The fraction of sp³-hybridized carbons (Fsp3) is 0.444. The first-order valence-electron chi connectivity index (χ1n) is 8.04. The predicted octanol–water partition coefficient (Wildman–Crippen LogP) is 1.83. The second kappa shape index (κ2) is 8.36. The van der Waals surface area contributed by atoms with Gasteiger partial charge >= 0.3 is 0 Å². The number of nitrogens with two attached hydrogens (primary N) is 1. The first-order chi connectivity index (χ1) is 11.2. The Morgan fingerprint density at radius 1 is 1.28 bits per heavy atom. The second-order valence-corrected chi connectivity index (χ2v) is 7.16. The van der Waals surface area contributed by atoms with Gasteiger partial charge < -0.3 is 20.9 Å². The van der Waals surface area contributed by atoms with E-state index in [4.69, 9.17) is 5.73 Å². The number of benzene rings is 1. The summed E-state index contributed by atoms with van der Waals surface area (Å²) in [4.78, 5) is 28.9. The van der Waals surface area contributed by atoms with Gasteiger partial charge in [-0.2, -0.15) is 0 Å². The molecule has 0 saturated heterocycles. The highest BCUT2D eigenvalue weighted by atomic mass is 35.5. The molecule has 7 heteroatoms. The maximum absolute atomic E-state index is 12.4. The Balaban J connectivity index is 0.00000312. The molecule has 0 radical (unpaired) electrons. The summed E-state index contributed by atoms with van der Waals surface area (Å²) in [6.07, 6.45) is 2.30. The summed E-state index contributed by atoms with van der Waals surface area (Å²) in [5, 5.41) is 3.90.